The fraction of sp³-hybridized carbons (Fsp3) is 0.818. The van der Waals surface area contributed by atoms with Crippen molar-refractivity contribution in [2.75, 3.05) is 13.1 Å². The lowest BCUT2D eigenvalue weighted by Crippen LogP contribution is -2.45. The average molecular weight is 213 g/mol. The zero-order valence-electron chi connectivity index (χ0n) is 9.71. The lowest BCUT2D eigenvalue weighted by molar-refractivity contribution is -0.128. The standard InChI is InChI=1S/C9H13NO3.C2H6/c1-7(11)9(3-4-9)13-8(12)10-5-2-6-10;1-2/h2-6H2,1H3;1-2H3. The number of ether oxygens (including phenoxy) is 1. The van der Waals surface area contributed by atoms with E-state index >= 15 is 0 Å². The van der Waals surface area contributed by atoms with Crippen LogP contribution in [0.2, 0.25) is 0 Å². The highest BCUT2D eigenvalue weighted by molar-refractivity contribution is 5.90. The van der Waals surface area contributed by atoms with E-state index in [-0.39, 0.29) is 11.9 Å². The number of nitrogens with zero attached hydrogens (tertiary/aromatic N) is 1. The molecule has 0 bridgehead atoms. The van der Waals surface area contributed by atoms with Crippen LogP contribution in [0.15, 0.2) is 0 Å². The van der Waals surface area contributed by atoms with E-state index in [0.717, 1.165) is 19.5 Å². The summed E-state index contributed by atoms with van der Waals surface area (Å²) in [6.07, 6.45) is 2.12. The maximum atomic E-state index is 11.3. The van der Waals surface area contributed by atoms with E-state index in [1.807, 2.05) is 13.8 Å². The number of carbonyl (C=O) groups excluding carboxylic acids is 2. The minimum absolute atomic E-state index is 0.0265. The zero-order chi connectivity index (χ0) is 11.5. The van der Waals surface area contributed by atoms with Gasteiger partial charge in [-0.1, -0.05) is 13.8 Å². The van der Waals surface area contributed by atoms with Gasteiger partial charge in [-0.3, -0.25) is 4.79 Å². The van der Waals surface area contributed by atoms with Gasteiger partial charge in [0.1, 0.15) is 0 Å². The number of rotatable bonds is 2. The van der Waals surface area contributed by atoms with Crippen molar-refractivity contribution in [3.63, 3.8) is 0 Å². The molecule has 2 aliphatic rings. The second kappa shape index (κ2) is 4.64. The van der Waals surface area contributed by atoms with Crippen LogP contribution in [0.25, 0.3) is 0 Å². The number of hydrogen-bond donors (Lipinski definition) is 0. The molecule has 0 spiro atoms. The normalized spacial score (nSPS) is 20.6. The van der Waals surface area contributed by atoms with Crippen molar-refractivity contribution in [1.29, 1.82) is 0 Å². The summed E-state index contributed by atoms with van der Waals surface area (Å²) in [5.41, 5.74) is -0.743. The molecular weight excluding hydrogens is 194 g/mol. The predicted molar refractivity (Wildman–Crippen MR) is 56.7 cm³/mol. The summed E-state index contributed by atoms with van der Waals surface area (Å²) in [5, 5.41) is 0. The van der Waals surface area contributed by atoms with E-state index < -0.39 is 5.60 Å². The minimum atomic E-state index is -0.743. The number of likely N-dealkylation sites (tertiary alicyclic amines) is 1. The highest BCUT2D eigenvalue weighted by atomic mass is 16.6. The fourth-order valence-corrected chi connectivity index (χ4v) is 1.37. The van der Waals surface area contributed by atoms with Crippen molar-refractivity contribution in [2.24, 2.45) is 0 Å². The highest BCUT2D eigenvalue weighted by Gasteiger charge is 2.52. The molecule has 2 rings (SSSR count). The van der Waals surface area contributed by atoms with Gasteiger partial charge < -0.3 is 9.64 Å². The molecule has 86 valence electrons. The van der Waals surface area contributed by atoms with E-state index in [1.165, 1.54) is 6.92 Å². The maximum absolute atomic E-state index is 11.3. The van der Waals surface area contributed by atoms with Crippen LogP contribution >= 0.6 is 0 Å². The Bertz CT molecular complexity index is 255. The van der Waals surface area contributed by atoms with Gasteiger partial charge in [-0.25, -0.2) is 4.79 Å². The first-order valence-corrected chi connectivity index (χ1v) is 5.63. The third-order valence-corrected chi connectivity index (χ3v) is 2.74. The molecule has 2 fully saturated rings. The second-order valence-corrected chi connectivity index (χ2v) is 3.76. The summed E-state index contributed by atoms with van der Waals surface area (Å²) in [6.45, 7) is 7.02. The van der Waals surface area contributed by atoms with Crippen LogP contribution in [-0.2, 0) is 9.53 Å². The number of amides is 1. The van der Waals surface area contributed by atoms with E-state index in [0.29, 0.717) is 12.8 Å². The van der Waals surface area contributed by atoms with Crippen molar-refractivity contribution in [3.05, 3.63) is 0 Å². The van der Waals surface area contributed by atoms with E-state index in [9.17, 15) is 9.59 Å². The Morgan fingerprint density at radius 1 is 1.20 bits per heavy atom. The zero-order valence-corrected chi connectivity index (χ0v) is 9.71. The molecule has 1 aliphatic carbocycles. The van der Waals surface area contributed by atoms with Crippen LogP contribution < -0.4 is 0 Å². The Morgan fingerprint density at radius 3 is 2.00 bits per heavy atom. The molecule has 0 atom stereocenters. The van der Waals surface area contributed by atoms with E-state index in [4.69, 9.17) is 4.74 Å². The van der Waals surface area contributed by atoms with Crippen molar-refractivity contribution in [3.8, 4) is 0 Å². The van der Waals surface area contributed by atoms with Crippen molar-refractivity contribution in [1.82, 2.24) is 4.90 Å². The first-order valence-electron chi connectivity index (χ1n) is 5.63. The van der Waals surface area contributed by atoms with Gasteiger partial charge in [0.25, 0.3) is 0 Å². The first-order chi connectivity index (χ1) is 7.14. The highest BCUT2D eigenvalue weighted by Crippen LogP contribution is 2.41. The summed E-state index contributed by atoms with van der Waals surface area (Å²) in [7, 11) is 0. The molecule has 4 nitrogen and oxygen atoms in total. The molecule has 0 N–H and O–H groups in total. The van der Waals surface area contributed by atoms with Gasteiger partial charge in [-0.05, 0) is 26.2 Å². The summed E-state index contributed by atoms with van der Waals surface area (Å²) in [6, 6.07) is 0. The van der Waals surface area contributed by atoms with E-state index in [1.54, 1.807) is 4.90 Å². The Labute approximate surface area is 90.6 Å². The lowest BCUT2D eigenvalue weighted by Gasteiger charge is -2.31. The molecule has 1 saturated heterocycles. The Balaban J connectivity index is 0.000000531. The monoisotopic (exact) mass is 213 g/mol. The number of carbonyl (C=O) groups is 2. The van der Waals surface area contributed by atoms with Crippen LogP contribution in [0, 0.1) is 0 Å². The SMILES string of the molecule is CC.CC(=O)C1(OC(=O)N2CCC2)CC1. The molecule has 0 aromatic carbocycles. The summed E-state index contributed by atoms with van der Waals surface area (Å²) < 4.78 is 5.15. The molecule has 15 heavy (non-hydrogen) atoms. The molecule has 1 aliphatic heterocycles. The minimum Gasteiger partial charge on any atom is -0.435 e. The molecule has 1 amide bonds. The largest absolute Gasteiger partial charge is 0.435 e. The van der Waals surface area contributed by atoms with Gasteiger partial charge in [0.05, 0.1) is 0 Å². The Hall–Kier alpha value is -1.06. The van der Waals surface area contributed by atoms with Crippen molar-refractivity contribution >= 4 is 11.9 Å². The molecule has 4 heteroatoms. The summed E-state index contributed by atoms with van der Waals surface area (Å²) >= 11 is 0. The molecule has 0 unspecified atom stereocenters. The molecule has 0 aromatic rings. The van der Waals surface area contributed by atoms with Gasteiger partial charge >= 0.3 is 6.09 Å². The Morgan fingerprint density at radius 2 is 1.73 bits per heavy atom. The second-order valence-electron chi connectivity index (χ2n) is 3.76. The molecule has 0 radical (unpaired) electrons. The fourth-order valence-electron chi connectivity index (χ4n) is 1.37. The predicted octanol–water partition coefficient (Wildman–Crippen LogP) is 1.98. The van der Waals surface area contributed by atoms with Crippen molar-refractivity contribution in [2.45, 2.75) is 45.6 Å². The van der Waals surface area contributed by atoms with Gasteiger partial charge in [-0.2, -0.15) is 0 Å². The van der Waals surface area contributed by atoms with Gasteiger partial charge in [0, 0.05) is 13.1 Å². The smallest absolute Gasteiger partial charge is 0.410 e. The van der Waals surface area contributed by atoms with Crippen LogP contribution in [0.4, 0.5) is 4.79 Å². The lowest BCUT2D eigenvalue weighted by atomic mass is 10.2. The maximum Gasteiger partial charge on any atom is 0.410 e. The topological polar surface area (TPSA) is 46.6 Å². The number of hydrogen-bond acceptors (Lipinski definition) is 3. The van der Waals surface area contributed by atoms with Gasteiger partial charge in [-0.15, -0.1) is 0 Å². The molecule has 1 heterocycles. The molecular formula is C11H19NO3. The van der Waals surface area contributed by atoms with Crippen LogP contribution in [0.3, 0.4) is 0 Å². The van der Waals surface area contributed by atoms with Crippen LogP contribution in [0.5, 0.6) is 0 Å². The third-order valence-electron chi connectivity index (χ3n) is 2.74. The molecule has 1 saturated carbocycles. The summed E-state index contributed by atoms with van der Waals surface area (Å²) in [5.74, 6) is -0.0265. The average Bonchev–Trinajstić information content (AvgIpc) is 2.86. The number of ketones is 1. The van der Waals surface area contributed by atoms with Crippen molar-refractivity contribution < 1.29 is 14.3 Å². The van der Waals surface area contributed by atoms with Crippen LogP contribution in [-0.4, -0.2) is 35.5 Å². The van der Waals surface area contributed by atoms with Gasteiger partial charge in [0.15, 0.2) is 11.4 Å². The molecule has 0 aromatic heterocycles. The number of Topliss-reactive ketones (excluding diaryl/α,β-unsaturated/α-hetero) is 1. The first kappa shape index (κ1) is 12.0. The Kier molecular flexibility index (Phi) is 3.72. The third kappa shape index (κ3) is 2.49. The summed E-state index contributed by atoms with van der Waals surface area (Å²) in [4.78, 5) is 24.1. The quantitative estimate of drug-likeness (QED) is 0.704. The van der Waals surface area contributed by atoms with Gasteiger partial charge in [0.2, 0.25) is 0 Å². The van der Waals surface area contributed by atoms with E-state index in [2.05, 4.69) is 0 Å². The van der Waals surface area contributed by atoms with Crippen LogP contribution in [0.1, 0.15) is 40.0 Å².